The maximum atomic E-state index is 6.72. The Morgan fingerprint density at radius 3 is 0.857 bits per heavy atom. The molecule has 0 unspecified atom stereocenters. The summed E-state index contributed by atoms with van der Waals surface area (Å²) in [6.07, 6.45) is 31.2. The molecule has 0 bridgehead atoms. The summed E-state index contributed by atoms with van der Waals surface area (Å²) in [7, 11) is 0. The highest BCUT2D eigenvalue weighted by molar-refractivity contribution is 5.48. The van der Waals surface area contributed by atoms with Gasteiger partial charge in [0.1, 0.15) is 6.10 Å². The number of hydrogen-bond acceptors (Lipinski definition) is 7. The monoisotopic (exact) mass is 783 g/mol. The van der Waals surface area contributed by atoms with Crippen LogP contribution in [-0.4, -0.2) is 33.0 Å². The van der Waals surface area contributed by atoms with Crippen LogP contribution in [0.3, 0.4) is 0 Å². The first-order valence-corrected chi connectivity index (χ1v) is 23.6. The van der Waals surface area contributed by atoms with Gasteiger partial charge in [-0.15, -0.1) is 10.5 Å². The number of benzene rings is 2. The molecule has 0 fully saturated rings. The van der Waals surface area contributed by atoms with Gasteiger partial charge in [-0.05, 0) is 67.5 Å². The molecule has 0 saturated carbocycles. The van der Waals surface area contributed by atoms with Gasteiger partial charge in [0.15, 0.2) is 0 Å². The van der Waals surface area contributed by atoms with Crippen LogP contribution in [0.25, 0.3) is 0 Å². The molecule has 322 valence electrons. The molecule has 0 saturated heterocycles. The third kappa shape index (κ3) is 23.9. The second kappa shape index (κ2) is 36.0. The lowest BCUT2D eigenvalue weighted by Crippen LogP contribution is -2.25. The summed E-state index contributed by atoms with van der Waals surface area (Å²) in [5.41, 5.74) is 4.07. The number of anilines is 2. The van der Waals surface area contributed by atoms with Crippen LogP contribution in [0, 0.1) is 0 Å². The fourth-order valence-corrected chi connectivity index (χ4v) is 6.80. The van der Waals surface area contributed by atoms with E-state index in [9.17, 15) is 0 Å². The molecule has 2 aromatic rings. The molecule has 0 N–H and O–H groups in total. The summed E-state index contributed by atoms with van der Waals surface area (Å²) >= 11 is 0. The average molecular weight is 783 g/mol. The molecule has 2 rings (SSSR count). The minimum Gasteiger partial charge on any atom is -0.369 e. The maximum absolute atomic E-state index is 6.72. The quantitative estimate of drug-likeness (QED) is 0.0493. The Bertz CT molecular complexity index is 1000. The smallest absolute Gasteiger partial charge is 0.108 e. The predicted molar refractivity (Wildman–Crippen MR) is 238 cm³/mol. The van der Waals surface area contributed by atoms with Gasteiger partial charge in [-0.2, -0.15) is 0 Å². The summed E-state index contributed by atoms with van der Waals surface area (Å²) < 4.78 is 6.72. The Kier molecular flexibility index (Phi) is 32.1. The third-order valence-electron chi connectivity index (χ3n) is 10.4. The zero-order chi connectivity index (χ0) is 40.2. The second-order valence-corrected chi connectivity index (χ2v) is 15.7. The van der Waals surface area contributed by atoms with Crippen LogP contribution in [0.5, 0.6) is 0 Å². The Balaban J connectivity index is 2.21. The molecule has 0 atom stereocenters. The van der Waals surface area contributed by atoms with Crippen LogP contribution >= 0.6 is 0 Å². The fraction of sp³-hybridized carbons (Fsp3) is 0.755. The van der Waals surface area contributed by atoms with Crippen molar-refractivity contribution < 1.29 is 24.1 Å². The number of unbranched alkanes of at least 4 members (excludes halogenated alkanes) is 21. The first-order chi connectivity index (χ1) is 27.7. The van der Waals surface area contributed by atoms with Gasteiger partial charge >= 0.3 is 0 Å². The largest absolute Gasteiger partial charge is 0.369 e. The zero-order valence-electron chi connectivity index (χ0n) is 37.1. The molecule has 0 aliphatic carbocycles. The lowest BCUT2D eigenvalue weighted by Gasteiger charge is -2.25. The lowest BCUT2D eigenvalue weighted by molar-refractivity contribution is -0.0916. The summed E-state index contributed by atoms with van der Waals surface area (Å²) in [5.74, 6) is 0. The van der Waals surface area contributed by atoms with Crippen LogP contribution in [0.15, 0.2) is 48.5 Å². The fourth-order valence-electron chi connectivity index (χ4n) is 6.80. The van der Waals surface area contributed by atoms with Crippen molar-refractivity contribution in [3.63, 3.8) is 0 Å². The zero-order valence-corrected chi connectivity index (χ0v) is 37.1. The minimum atomic E-state index is -0.187. The highest BCUT2D eigenvalue weighted by Crippen LogP contribution is 2.31. The van der Waals surface area contributed by atoms with Gasteiger partial charge in [0.2, 0.25) is 0 Å². The van der Waals surface area contributed by atoms with E-state index in [4.69, 9.17) is 24.1 Å². The topological polar surface area (TPSA) is 52.6 Å². The lowest BCUT2D eigenvalue weighted by atomic mass is 10.0. The molecule has 2 aromatic carbocycles. The van der Waals surface area contributed by atoms with E-state index < -0.39 is 0 Å². The van der Waals surface area contributed by atoms with E-state index in [1.165, 1.54) is 135 Å². The first-order valence-electron chi connectivity index (χ1n) is 23.6. The Labute approximate surface area is 345 Å². The Morgan fingerprint density at radius 2 is 0.571 bits per heavy atom. The molecule has 0 heterocycles. The molecule has 7 heteroatoms. The Morgan fingerprint density at radius 1 is 0.321 bits per heavy atom. The van der Waals surface area contributed by atoms with E-state index in [-0.39, 0.29) is 6.10 Å². The SMILES string of the molecule is CCCCCCCCOC(c1ccc(N(OCCCCCCC)OCCCCCCC)cc1)c1ccc(N(OCCCCCCC)OCCCCCCC)cc1. The van der Waals surface area contributed by atoms with Gasteiger partial charge in [-0.1, -0.05) is 194 Å². The molecule has 56 heavy (non-hydrogen) atoms. The normalized spacial score (nSPS) is 11.5. The molecule has 0 radical (unpaired) electrons. The summed E-state index contributed by atoms with van der Waals surface area (Å²) in [6, 6.07) is 17.2. The van der Waals surface area contributed by atoms with E-state index in [1.807, 2.05) is 0 Å². The molecule has 0 aliphatic rings. The van der Waals surface area contributed by atoms with Crippen LogP contribution in [-0.2, 0) is 24.1 Å². The highest BCUT2D eigenvalue weighted by Gasteiger charge is 2.18. The first kappa shape index (κ1) is 50.0. The summed E-state index contributed by atoms with van der Waals surface area (Å²) in [4.78, 5) is 24.9. The van der Waals surface area contributed by atoms with Crippen molar-refractivity contribution in [1.82, 2.24) is 0 Å². The predicted octanol–water partition coefficient (Wildman–Crippen LogP) is 15.4. The van der Waals surface area contributed by atoms with Crippen molar-refractivity contribution in [1.29, 1.82) is 0 Å². The number of nitrogens with zero attached hydrogens (tertiary/aromatic N) is 2. The van der Waals surface area contributed by atoms with E-state index in [0.717, 1.165) is 61.2 Å². The molecular weight excluding hydrogens is 697 g/mol. The molecule has 0 aliphatic heterocycles. The summed E-state index contributed by atoms with van der Waals surface area (Å²) in [5, 5.41) is 3.32. The molecule has 7 nitrogen and oxygen atoms in total. The van der Waals surface area contributed by atoms with Crippen LogP contribution in [0.1, 0.15) is 219 Å². The average Bonchev–Trinajstić information content (AvgIpc) is 3.22. The number of hydrogen-bond donors (Lipinski definition) is 0. The van der Waals surface area contributed by atoms with E-state index in [1.54, 1.807) is 10.5 Å². The van der Waals surface area contributed by atoms with Crippen molar-refractivity contribution in [3.05, 3.63) is 59.7 Å². The van der Waals surface area contributed by atoms with Crippen molar-refractivity contribution in [2.45, 2.75) is 208 Å². The third-order valence-corrected chi connectivity index (χ3v) is 10.4. The van der Waals surface area contributed by atoms with E-state index in [0.29, 0.717) is 26.4 Å². The van der Waals surface area contributed by atoms with Gasteiger partial charge in [-0.3, -0.25) is 0 Å². The Hall–Kier alpha value is -2.16. The summed E-state index contributed by atoms with van der Waals surface area (Å²) in [6.45, 7) is 14.6. The van der Waals surface area contributed by atoms with E-state index in [2.05, 4.69) is 83.1 Å². The molecule has 0 spiro atoms. The van der Waals surface area contributed by atoms with Crippen LogP contribution in [0.2, 0.25) is 0 Å². The van der Waals surface area contributed by atoms with Gasteiger partial charge in [0.25, 0.3) is 0 Å². The standard InChI is InChI=1S/C49H86N2O5/c1-6-11-16-21-26-27-40-52-49(45-32-36-47(37-33-45)50(53-41-28-22-17-12-7-2)54-42-29-23-18-13-8-3)46-34-38-48(39-35-46)51(55-43-30-24-19-14-9-4)56-44-31-25-20-15-10-5/h32-39,49H,6-31,40-44H2,1-5H3. The van der Waals surface area contributed by atoms with Gasteiger partial charge < -0.3 is 4.74 Å². The van der Waals surface area contributed by atoms with Gasteiger partial charge in [0, 0.05) is 6.61 Å². The van der Waals surface area contributed by atoms with Crippen molar-refractivity contribution in [2.75, 3.05) is 43.5 Å². The van der Waals surface area contributed by atoms with Crippen LogP contribution < -0.4 is 10.5 Å². The minimum absolute atomic E-state index is 0.187. The van der Waals surface area contributed by atoms with Crippen LogP contribution in [0.4, 0.5) is 11.4 Å². The number of ether oxygens (including phenoxy) is 1. The van der Waals surface area contributed by atoms with Crippen molar-refractivity contribution >= 4 is 11.4 Å². The van der Waals surface area contributed by atoms with E-state index >= 15 is 0 Å². The maximum Gasteiger partial charge on any atom is 0.108 e. The highest BCUT2D eigenvalue weighted by atomic mass is 17.0. The van der Waals surface area contributed by atoms with Crippen molar-refractivity contribution in [3.8, 4) is 0 Å². The molecular formula is C49H86N2O5. The van der Waals surface area contributed by atoms with Gasteiger partial charge in [0.05, 0.1) is 37.8 Å². The molecule has 0 amide bonds. The number of rotatable bonds is 40. The molecule has 0 aromatic heterocycles. The second-order valence-electron chi connectivity index (χ2n) is 15.7. The van der Waals surface area contributed by atoms with Crippen molar-refractivity contribution in [2.24, 2.45) is 0 Å². The van der Waals surface area contributed by atoms with Gasteiger partial charge in [-0.25, -0.2) is 19.4 Å².